The Morgan fingerprint density at radius 3 is 2.12 bits per heavy atom. The van der Waals surface area contributed by atoms with E-state index in [9.17, 15) is 9.59 Å². The van der Waals surface area contributed by atoms with Crippen molar-refractivity contribution in [3.05, 3.63) is 83.9 Å². The predicted molar refractivity (Wildman–Crippen MR) is 98.2 cm³/mol. The van der Waals surface area contributed by atoms with Crippen molar-refractivity contribution in [2.75, 3.05) is 0 Å². The van der Waals surface area contributed by atoms with E-state index in [4.69, 9.17) is 0 Å². The van der Waals surface area contributed by atoms with Gasteiger partial charge < -0.3 is 0 Å². The molecule has 0 N–H and O–H groups in total. The summed E-state index contributed by atoms with van der Waals surface area (Å²) in [5.41, 5.74) is 3.96. The molecule has 0 bridgehead atoms. The molecule has 0 aliphatic heterocycles. The van der Waals surface area contributed by atoms with Gasteiger partial charge in [-0.3, -0.25) is 9.59 Å². The Hall–Kier alpha value is -3.26. The minimum Gasteiger partial charge on any atom is -0.285 e. The van der Waals surface area contributed by atoms with Crippen LogP contribution in [0.5, 0.6) is 0 Å². The summed E-state index contributed by atoms with van der Waals surface area (Å²) in [6, 6.07) is 15.3. The summed E-state index contributed by atoms with van der Waals surface area (Å²) >= 11 is 0. The summed E-state index contributed by atoms with van der Waals surface area (Å²) in [5.74, 6) is -0.939. The molecule has 0 fully saturated rings. The number of hydrogen-bond acceptors (Lipinski definition) is 2. The van der Waals surface area contributed by atoms with E-state index >= 15 is 0 Å². The third kappa shape index (κ3) is 1.77. The fraction of sp³-hybridized carbons (Fsp3) is 0. The van der Waals surface area contributed by atoms with Crippen molar-refractivity contribution in [3.63, 3.8) is 0 Å². The summed E-state index contributed by atoms with van der Waals surface area (Å²) in [7, 11) is 0. The van der Waals surface area contributed by atoms with Crippen LogP contribution in [0, 0.1) is 0 Å². The Labute approximate surface area is 139 Å². The van der Waals surface area contributed by atoms with Gasteiger partial charge in [0, 0.05) is 11.1 Å². The average molecular weight is 310 g/mol. The van der Waals surface area contributed by atoms with Gasteiger partial charge in [-0.15, -0.1) is 0 Å². The molecule has 1 aliphatic carbocycles. The van der Waals surface area contributed by atoms with E-state index in [0.29, 0.717) is 16.7 Å². The summed E-state index contributed by atoms with van der Waals surface area (Å²) in [4.78, 5) is 25.7. The van der Waals surface area contributed by atoms with Crippen LogP contribution in [0.3, 0.4) is 0 Å². The first-order valence-electron chi connectivity index (χ1n) is 7.70. The standard InChI is InChI=1S/C22H14O2/c1-3-13-9-11-17-18-12-10-14-7-5-6-8-16(14)20(18)22(24)21(23)19(17)15(13)4-2/h3-12H,1-2H2. The van der Waals surface area contributed by atoms with Gasteiger partial charge in [-0.05, 0) is 33.0 Å². The fourth-order valence-electron chi connectivity index (χ4n) is 3.47. The predicted octanol–water partition coefficient (Wildman–Crippen LogP) is 5.17. The summed E-state index contributed by atoms with van der Waals surface area (Å²) in [5, 5.41) is 1.76. The highest BCUT2D eigenvalue weighted by molar-refractivity contribution is 6.55. The second kappa shape index (κ2) is 5.14. The van der Waals surface area contributed by atoms with E-state index in [1.807, 2.05) is 48.5 Å². The van der Waals surface area contributed by atoms with Gasteiger partial charge in [-0.25, -0.2) is 0 Å². The number of carbonyl (C=O) groups is 2. The summed E-state index contributed by atoms with van der Waals surface area (Å²) in [6.45, 7) is 7.58. The first kappa shape index (κ1) is 14.3. The van der Waals surface area contributed by atoms with Gasteiger partial charge >= 0.3 is 0 Å². The normalized spacial score (nSPS) is 12.7. The number of ketones is 2. The smallest absolute Gasteiger partial charge is 0.234 e. The van der Waals surface area contributed by atoms with Crippen LogP contribution in [-0.2, 0) is 0 Å². The van der Waals surface area contributed by atoms with Gasteiger partial charge in [0.1, 0.15) is 0 Å². The topological polar surface area (TPSA) is 34.1 Å². The Morgan fingerprint density at radius 2 is 1.38 bits per heavy atom. The molecule has 0 amide bonds. The molecule has 0 heterocycles. The zero-order valence-corrected chi connectivity index (χ0v) is 13.0. The molecule has 4 rings (SSSR count). The molecule has 2 nitrogen and oxygen atoms in total. The van der Waals surface area contributed by atoms with Crippen molar-refractivity contribution >= 4 is 34.5 Å². The number of Topliss-reactive ketones (excluding diaryl/α,β-unsaturated/α-hetero) is 2. The highest BCUT2D eigenvalue weighted by Crippen LogP contribution is 2.40. The van der Waals surface area contributed by atoms with Crippen LogP contribution in [0.15, 0.2) is 61.7 Å². The van der Waals surface area contributed by atoms with E-state index in [1.54, 1.807) is 12.2 Å². The number of hydrogen-bond donors (Lipinski definition) is 0. The molecule has 24 heavy (non-hydrogen) atoms. The maximum absolute atomic E-state index is 12.9. The van der Waals surface area contributed by atoms with Crippen molar-refractivity contribution in [3.8, 4) is 11.1 Å². The summed E-state index contributed by atoms with van der Waals surface area (Å²) in [6.07, 6.45) is 3.29. The minimum absolute atomic E-state index is 0.426. The monoisotopic (exact) mass is 310 g/mol. The van der Waals surface area contributed by atoms with Gasteiger partial charge in [0.2, 0.25) is 11.6 Å². The van der Waals surface area contributed by atoms with Crippen molar-refractivity contribution in [2.45, 2.75) is 0 Å². The van der Waals surface area contributed by atoms with Gasteiger partial charge in [0.25, 0.3) is 0 Å². The van der Waals surface area contributed by atoms with E-state index in [2.05, 4.69) is 13.2 Å². The highest BCUT2D eigenvalue weighted by atomic mass is 16.2. The molecular formula is C22H14O2. The molecule has 0 radical (unpaired) electrons. The van der Waals surface area contributed by atoms with Crippen molar-refractivity contribution in [2.24, 2.45) is 0 Å². The van der Waals surface area contributed by atoms with Gasteiger partial charge in [0.15, 0.2) is 0 Å². The average Bonchev–Trinajstić information content (AvgIpc) is 2.63. The molecule has 0 spiro atoms. The van der Waals surface area contributed by atoms with Crippen LogP contribution in [0.25, 0.3) is 34.1 Å². The lowest BCUT2D eigenvalue weighted by Crippen LogP contribution is -2.23. The van der Waals surface area contributed by atoms with E-state index in [-0.39, 0.29) is 0 Å². The molecule has 0 atom stereocenters. The molecule has 114 valence electrons. The number of rotatable bonds is 2. The Kier molecular flexibility index (Phi) is 3.07. The molecule has 2 heteroatoms. The molecule has 3 aromatic carbocycles. The highest BCUT2D eigenvalue weighted by Gasteiger charge is 2.33. The molecule has 1 aliphatic rings. The molecule has 3 aromatic rings. The van der Waals surface area contributed by atoms with Crippen LogP contribution in [-0.4, -0.2) is 11.6 Å². The molecule has 0 unspecified atom stereocenters. The molecule has 0 saturated heterocycles. The van der Waals surface area contributed by atoms with Crippen molar-refractivity contribution in [1.82, 2.24) is 0 Å². The van der Waals surface area contributed by atoms with Gasteiger partial charge in [-0.2, -0.15) is 0 Å². The maximum Gasteiger partial charge on any atom is 0.234 e. The lowest BCUT2D eigenvalue weighted by molar-refractivity contribution is 0.0816. The lowest BCUT2D eigenvalue weighted by Gasteiger charge is -2.22. The van der Waals surface area contributed by atoms with Crippen LogP contribution in [0.4, 0.5) is 0 Å². The largest absolute Gasteiger partial charge is 0.285 e. The maximum atomic E-state index is 12.9. The van der Waals surface area contributed by atoms with Crippen LogP contribution in [0.2, 0.25) is 0 Å². The molecular weight excluding hydrogens is 296 g/mol. The first-order valence-corrected chi connectivity index (χ1v) is 7.70. The van der Waals surface area contributed by atoms with Crippen LogP contribution in [0.1, 0.15) is 31.8 Å². The zero-order chi connectivity index (χ0) is 16.8. The van der Waals surface area contributed by atoms with E-state index in [1.165, 1.54) is 0 Å². The Balaban J connectivity index is 2.17. The number of benzene rings is 3. The van der Waals surface area contributed by atoms with Gasteiger partial charge in [0.05, 0.1) is 0 Å². The Bertz CT molecular complexity index is 1070. The van der Waals surface area contributed by atoms with Crippen molar-refractivity contribution in [1.29, 1.82) is 0 Å². The SMILES string of the molecule is C=Cc1ccc2c(c1C=C)C(=O)C(=O)c1c-2ccc2ccccc12. The Morgan fingerprint density at radius 1 is 0.708 bits per heavy atom. The number of fused-ring (bicyclic) bond motifs is 5. The van der Waals surface area contributed by atoms with Crippen LogP contribution >= 0.6 is 0 Å². The second-order valence-electron chi connectivity index (χ2n) is 5.77. The number of carbonyl (C=O) groups excluding carboxylic acids is 2. The fourth-order valence-corrected chi connectivity index (χ4v) is 3.47. The lowest BCUT2D eigenvalue weighted by atomic mass is 9.78. The quantitative estimate of drug-likeness (QED) is 0.612. The van der Waals surface area contributed by atoms with Crippen molar-refractivity contribution < 1.29 is 9.59 Å². The first-order chi connectivity index (χ1) is 11.7. The third-order valence-corrected chi connectivity index (χ3v) is 4.58. The second-order valence-corrected chi connectivity index (χ2v) is 5.77. The molecule has 0 saturated carbocycles. The molecule has 0 aromatic heterocycles. The minimum atomic E-state index is -0.479. The zero-order valence-electron chi connectivity index (χ0n) is 13.0. The van der Waals surface area contributed by atoms with E-state index < -0.39 is 11.6 Å². The summed E-state index contributed by atoms with van der Waals surface area (Å²) < 4.78 is 0. The third-order valence-electron chi connectivity index (χ3n) is 4.58. The van der Waals surface area contributed by atoms with Crippen LogP contribution < -0.4 is 0 Å². The van der Waals surface area contributed by atoms with E-state index in [0.717, 1.165) is 27.5 Å². The van der Waals surface area contributed by atoms with Gasteiger partial charge in [-0.1, -0.05) is 73.8 Å².